The molecule has 3 fully saturated rings. The first kappa shape index (κ1) is 38.5. The molecule has 16 heteroatoms. The predicted octanol–water partition coefficient (Wildman–Crippen LogP) is 7.58. The molecular formula is C41H34BrClF3N5O6. The zero-order valence-corrected chi connectivity index (χ0v) is 32.9. The zero-order valence-electron chi connectivity index (χ0n) is 30.6. The summed E-state index contributed by atoms with van der Waals surface area (Å²) in [7, 11) is 2.62. The number of alkyl halides is 3. The van der Waals surface area contributed by atoms with Gasteiger partial charge in [0.15, 0.2) is 17.3 Å². The van der Waals surface area contributed by atoms with Gasteiger partial charge in [0.1, 0.15) is 5.69 Å². The smallest absolute Gasteiger partial charge is 0.433 e. The lowest BCUT2D eigenvalue weighted by atomic mass is 9.49. The number of aromatic hydroxyl groups is 1. The van der Waals surface area contributed by atoms with Crippen molar-refractivity contribution in [3.8, 4) is 11.5 Å². The van der Waals surface area contributed by atoms with Crippen LogP contribution in [0.5, 0.6) is 11.5 Å². The number of anilines is 2. The first-order valence-corrected chi connectivity index (χ1v) is 19.1. The van der Waals surface area contributed by atoms with Gasteiger partial charge in [0.05, 0.1) is 41.0 Å². The van der Waals surface area contributed by atoms with Crippen LogP contribution in [-0.2, 0) is 30.8 Å². The van der Waals surface area contributed by atoms with Crippen LogP contribution in [0.3, 0.4) is 0 Å². The van der Waals surface area contributed by atoms with Crippen molar-refractivity contribution in [2.45, 2.75) is 37.3 Å². The number of hydrogen-bond donors (Lipinski definition) is 2. The van der Waals surface area contributed by atoms with Gasteiger partial charge in [0.25, 0.3) is 23.6 Å². The number of nitrogens with one attached hydrogen (secondary N) is 1. The standard InChI is InChI=1S/C41H34BrClF3N5O6/c1-20-9-11-23(12-10-20)48-50-37(54)28-19-26-24(33(27-17-22(42)18-30(57-3)34(27)52)40(28,39(50)56)21-7-5-4-6-8-21)13-14-25-32(26)38(55)51(36(25)53)49(2)35-29(43)15-16-31(47-35)41(44,45)46/h4-13,15-18,25-26,28,32-33,48,52H,14,19H2,1-3H3. The number of aryl methyl sites for hydroxylation is 1. The van der Waals surface area contributed by atoms with Crippen LogP contribution in [-0.4, -0.2) is 57.9 Å². The number of aromatic nitrogens is 1. The minimum absolute atomic E-state index is 0.0145. The molecule has 6 unspecified atom stereocenters. The number of hydrazine groups is 2. The Morgan fingerprint density at radius 2 is 1.68 bits per heavy atom. The molecule has 8 rings (SSSR count). The summed E-state index contributed by atoms with van der Waals surface area (Å²) in [4.78, 5) is 62.9. The number of imide groups is 2. The lowest BCUT2D eigenvalue weighted by Gasteiger charge is -2.50. The number of rotatable bonds is 7. The summed E-state index contributed by atoms with van der Waals surface area (Å²) in [6.07, 6.45) is -3.08. The molecule has 0 radical (unpaired) electrons. The average Bonchev–Trinajstić information content (AvgIpc) is 3.56. The molecule has 3 aromatic carbocycles. The van der Waals surface area contributed by atoms with Gasteiger partial charge in [-0.25, -0.2) is 4.98 Å². The van der Waals surface area contributed by atoms with Gasteiger partial charge in [-0.15, -0.1) is 0 Å². The van der Waals surface area contributed by atoms with Crippen LogP contribution in [0.1, 0.15) is 41.1 Å². The van der Waals surface area contributed by atoms with Gasteiger partial charge >= 0.3 is 6.18 Å². The third-order valence-electron chi connectivity index (χ3n) is 11.7. The number of carbonyl (C=O) groups excluding carboxylic acids is 4. The maximum Gasteiger partial charge on any atom is 0.433 e. The summed E-state index contributed by atoms with van der Waals surface area (Å²) in [5, 5.41) is 14.4. The molecule has 3 heterocycles. The van der Waals surface area contributed by atoms with Crippen LogP contribution in [0.4, 0.5) is 24.7 Å². The molecule has 4 aromatic rings. The Bertz CT molecular complexity index is 2380. The summed E-state index contributed by atoms with van der Waals surface area (Å²) in [5.74, 6) is -8.34. The molecule has 1 aromatic heterocycles. The SMILES string of the molecule is COc1cc(Br)cc(C2C3=CCC4C(=O)N(N(C)c5nc(C(F)(F)F)ccc5Cl)C(=O)C4C3CC3C(=O)N(Nc4ccc(C)cc4)C(=O)C32c2ccccc2)c1O. The van der Waals surface area contributed by atoms with E-state index >= 15 is 4.79 Å². The van der Waals surface area contributed by atoms with Crippen molar-refractivity contribution in [1.82, 2.24) is 15.0 Å². The fraction of sp³-hybridized carbons (Fsp3) is 0.293. The quantitative estimate of drug-likeness (QED) is 0.143. The average molecular weight is 865 g/mol. The highest BCUT2D eigenvalue weighted by molar-refractivity contribution is 9.10. The van der Waals surface area contributed by atoms with E-state index in [2.05, 4.69) is 26.3 Å². The van der Waals surface area contributed by atoms with Crippen LogP contribution in [0.15, 0.2) is 95.0 Å². The van der Waals surface area contributed by atoms with Gasteiger partial charge in [0, 0.05) is 23.0 Å². The maximum absolute atomic E-state index is 15.4. The summed E-state index contributed by atoms with van der Waals surface area (Å²) < 4.78 is 47.2. The van der Waals surface area contributed by atoms with Crippen molar-refractivity contribution in [2.24, 2.45) is 23.7 Å². The van der Waals surface area contributed by atoms with E-state index in [0.717, 1.165) is 26.7 Å². The third kappa shape index (κ3) is 5.87. The van der Waals surface area contributed by atoms with Crippen molar-refractivity contribution in [2.75, 3.05) is 24.6 Å². The number of benzene rings is 3. The molecule has 294 valence electrons. The Kier molecular flexibility index (Phi) is 9.38. The van der Waals surface area contributed by atoms with Gasteiger partial charge in [-0.2, -0.15) is 23.2 Å². The maximum atomic E-state index is 15.4. The second-order valence-electron chi connectivity index (χ2n) is 14.6. The van der Waals surface area contributed by atoms with Crippen molar-refractivity contribution >= 4 is 62.7 Å². The number of phenols is 1. The van der Waals surface area contributed by atoms with E-state index in [9.17, 15) is 32.7 Å². The van der Waals surface area contributed by atoms with Gasteiger partial charge in [0.2, 0.25) is 0 Å². The molecule has 0 bridgehead atoms. The highest BCUT2D eigenvalue weighted by Gasteiger charge is 2.71. The lowest BCUT2D eigenvalue weighted by Crippen LogP contribution is -2.53. The molecule has 2 saturated heterocycles. The van der Waals surface area contributed by atoms with E-state index in [1.54, 1.807) is 60.7 Å². The van der Waals surface area contributed by atoms with Gasteiger partial charge in [-0.3, -0.25) is 29.6 Å². The van der Waals surface area contributed by atoms with E-state index in [0.29, 0.717) is 27.4 Å². The molecule has 6 atom stereocenters. The van der Waals surface area contributed by atoms with Gasteiger partial charge in [-0.05, 0) is 67.6 Å². The molecule has 4 amide bonds. The molecule has 2 aliphatic carbocycles. The lowest BCUT2D eigenvalue weighted by molar-refractivity contribution is -0.142. The highest BCUT2D eigenvalue weighted by Crippen LogP contribution is 2.65. The topological polar surface area (TPSA) is 132 Å². The minimum atomic E-state index is -4.83. The highest BCUT2D eigenvalue weighted by atomic mass is 79.9. The number of allylic oxidation sites excluding steroid dienone is 2. The van der Waals surface area contributed by atoms with E-state index in [4.69, 9.17) is 16.3 Å². The van der Waals surface area contributed by atoms with Crippen LogP contribution < -0.4 is 15.2 Å². The van der Waals surface area contributed by atoms with E-state index < -0.39 is 76.3 Å². The normalized spacial score (nSPS) is 25.5. The second-order valence-corrected chi connectivity index (χ2v) is 16.0. The largest absolute Gasteiger partial charge is 0.504 e. The van der Waals surface area contributed by atoms with Crippen LogP contribution >= 0.6 is 27.5 Å². The molecular weight excluding hydrogens is 831 g/mol. The first-order chi connectivity index (χ1) is 27.1. The molecule has 2 N–H and O–H groups in total. The van der Waals surface area contributed by atoms with E-state index in [1.165, 1.54) is 14.2 Å². The molecule has 0 spiro atoms. The third-order valence-corrected chi connectivity index (χ3v) is 12.4. The number of pyridine rings is 1. The Labute approximate surface area is 338 Å². The van der Waals surface area contributed by atoms with E-state index in [-0.39, 0.29) is 34.9 Å². The summed E-state index contributed by atoms with van der Waals surface area (Å²) in [6, 6.07) is 20.8. The molecule has 4 aliphatic rings. The number of ether oxygens (including phenoxy) is 1. The molecule has 1 saturated carbocycles. The fourth-order valence-corrected chi connectivity index (χ4v) is 9.93. The fourth-order valence-electron chi connectivity index (χ4n) is 9.25. The first-order valence-electron chi connectivity index (χ1n) is 18.0. The number of halogens is 5. The van der Waals surface area contributed by atoms with Crippen LogP contribution in [0.25, 0.3) is 0 Å². The van der Waals surface area contributed by atoms with Crippen LogP contribution in [0.2, 0.25) is 5.02 Å². The number of methoxy groups -OCH3 is 1. The zero-order chi connectivity index (χ0) is 40.7. The number of phenolic OH excluding ortho intramolecular Hbond substituents is 1. The number of fused-ring (bicyclic) bond motifs is 4. The van der Waals surface area contributed by atoms with Crippen molar-refractivity contribution in [3.05, 3.63) is 122 Å². The number of carbonyl (C=O) groups is 4. The van der Waals surface area contributed by atoms with Gasteiger partial charge in [-0.1, -0.05) is 87.2 Å². The number of nitrogens with zero attached hydrogens (tertiary/aromatic N) is 4. The van der Waals surface area contributed by atoms with Crippen LogP contribution in [0, 0.1) is 30.6 Å². The van der Waals surface area contributed by atoms with E-state index in [1.807, 2.05) is 19.1 Å². The molecule has 2 aliphatic heterocycles. The Balaban J connectivity index is 1.30. The van der Waals surface area contributed by atoms with Gasteiger partial charge < -0.3 is 9.84 Å². The Hall–Kier alpha value is -5.41. The molecule has 57 heavy (non-hydrogen) atoms. The predicted molar refractivity (Wildman–Crippen MR) is 206 cm³/mol. The summed E-state index contributed by atoms with van der Waals surface area (Å²) in [5.41, 5.74) is 2.80. The number of hydrogen-bond acceptors (Lipinski definition) is 9. The van der Waals surface area contributed by atoms with Crippen molar-refractivity contribution in [1.29, 1.82) is 0 Å². The summed E-state index contributed by atoms with van der Waals surface area (Å²) in [6.45, 7) is 1.90. The monoisotopic (exact) mass is 863 g/mol. The number of amides is 4. The molecule has 11 nitrogen and oxygen atoms in total. The van der Waals surface area contributed by atoms with Crippen molar-refractivity contribution < 1.29 is 42.2 Å². The summed E-state index contributed by atoms with van der Waals surface area (Å²) >= 11 is 9.84. The Morgan fingerprint density at radius 1 is 0.982 bits per heavy atom. The minimum Gasteiger partial charge on any atom is -0.504 e. The van der Waals surface area contributed by atoms with Crippen molar-refractivity contribution in [3.63, 3.8) is 0 Å². The second kappa shape index (κ2) is 13.9. The Morgan fingerprint density at radius 3 is 2.35 bits per heavy atom.